The summed E-state index contributed by atoms with van der Waals surface area (Å²) in [6.45, 7) is 0. The molecule has 2 nitrogen and oxygen atoms in total. The quantitative estimate of drug-likeness (QED) is 0.166. The van der Waals surface area contributed by atoms with Gasteiger partial charge in [0.15, 0.2) is 7.14 Å². The number of para-hydroxylation sites is 1. The van der Waals surface area contributed by atoms with Crippen molar-refractivity contribution in [3.63, 3.8) is 0 Å². The zero-order valence-corrected chi connectivity index (χ0v) is 30.7. The third-order valence-corrected chi connectivity index (χ3v) is 15.1. The monoisotopic (exact) mass is 717 g/mol. The predicted octanol–water partition coefficient (Wildman–Crippen LogP) is 12.5. The Balaban J connectivity index is 1.31. The first-order chi connectivity index (χ1) is 27.2. The molecule has 0 spiro atoms. The zero-order chi connectivity index (χ0) is 36.3. The predicted molar refractivity (Wildman–Crippen MR) is 232 cm³/mol. The molecular formula is C52H32NOP. The van der Waals surface area contributed by atoms with E-state index >= 15 is 4.57 Å². The van der Waals surface area contributed by atoms with Crippen LogP contribution in [0.2, 0.25) is 0 Å². The van der Waals surface area contributed by atoms with E-state index in [1.165, 1.54) is 55.1 Å². The molecule has 1 aromatic heterocycles. The summed E-state index contributed by atoms with van der Waals surface area (Å²) in [6, 6.07) is 69.2. The van der Waals surface area contributed by atoms with Crippen LogP contribution >= 0.6 is 7.14 Å². The van der Waals surface area contributed by atoms with Crippen LogP contribution in [-0.2, 0) is 4.57 Å². The molecule has 12 rings (SSSR count). The molecule has 1 aliphatic carbocycles. The molecule has 0 amide bonds. The van der Waals surface area contributed by atoms with Crippen LogP contribution in [0, 0.1) is 0 Å². The number of rotatable bonds is 4. The van der Waals surface area contributed by atoms with Crippen molar-refractivity contribution in [3.05, 3.63) is 194 Å². The zero-order valence-electron chi connectivity index (χ0n) is 29.8. The topological polar surface area (TPSA) is 22.0 Å². The molecule has 55 heavy (non-hydrogen) atoms. The molecule has 0 fully saturated rings. The standard InChI is InChI=1S/C52H32NOP/c54-55(36-22-8-3-9-23-36)45-29-13-11-25-39(45)50-46(55)31-30-38-37-24-10-12-28-43(37)53(52(38)50)44-32-42(33-16-4-1-5-17-33)49-40-26-14-20-34-21-15-27-41(47(34)40)51(49)48(44)35-18-6-2-7-19-35/h1-32H. The molecule has 1 aliphatic heterocycles. The van der Waals surface area contributed by atoms with Crippen molar-refractivity contribution in [3.8, 4) is 61.3 Å². The van der Waals surface area contributed by atoms with E-state index in [4.69, 9.17) is 0 Å². The van der Waals surface area contributed by atoms with E-state index in [0.29, 0.717) is 0 Å². The molecule has 0 bridgehead atoms. The highest BCUT2D eigenvalue weighted by Crippen LogP contribution is 2.58. The Bertz CT molecular complexity index is 3270. The average molecular weight is 718 g/mol. The lowest BCUT2D eigenvalue weighted by Gasteiger charge is -2.23. The number of hydrogen-bond donors (Lipinski definition) is 0. The molecule has 0 N–H and O–H groups in total. The van der Waals surface area contributed by atoms with Gasteiger partial charge in [-0.25, -0.2) is 0 Å². The summed E-state index contributed by atoms with van der Waals surface area (Å²) >= 11 is 0. The van der Waals surface area contributed by atoms with Gasteiger partial charge in [0.2, 0.25) is 0 Å². The van der Waals surface area contributed by atoms with E-state index in [9.17, 15) is 0 Å². The van der Waals surface area contributed by atoms with Gasteiger partial charge in [-0.1, -0.05) is 176 Å². The van der Waals surface area contributed by atoms with Gasteiger partial charge in [0.1, 0.15) is 0 Å². The second kappa shape index (κ2) is 11.4. The SMILES string of the molecule is O=P1(c2ccccc2)c2ccccc2-c2c1ccc1c3ccccc3n(-c3cc(-c4ccccc4)c4c(c3-c3ccccc3)-c3cccc5cccc-4c35)c21. The normalized spacial score (nSPS) is 15.1. The largest absolute Gasteiger partial charge is 0.309 e. The van der Waals surface area contributed by atoms with Crippen molar-refractivity contribution >= 4 is 55.6 Å². The van der Waals surface area contributed by atoms with Crippen LogP contribution in [-0.4, -0.2) is 4.57 Å². The Morgan fingerprint density at radius 2 is 1.02 bits per heavy atom. The summed E-state index contributed by atoms with van der Waals surface area (Å²) < 4.78 is 18.4. The molecule has 1 atom stereocenters. The summed E-state index contributed by atoms with van der Waals surface area (Å²) in [5, 5.41) is 7.54. The number of fused-ring (bicyclic) bond motifs is 10. The summed E-state index contributed by atoms with van der Waals surface area (Å²) in [5.74, 6) is 0. The highest BCUT2D eigenvalue weighted by Gasteiger charge is 2.42. The lowest BCUT2D eigenvalue weighted by molar-refractivity contribution is 0.593. The van der Waals surface area contributed by atoms with E-state index in [-0.39, 0.29) is 0 Å². The van der Waals surface area contributed by atoms with E-state index in [1.54, 1.807) is 0 Å². The third kappa shape index (κ3) is 4.07. The second-order valence-corrected chi connectivity index (χ2v) is 17.4. The van der Waals surface area contributed by atoms with Crippen molar-refractivity contribution in [1.82, 2.24) is 4.57 Å². The van der Waals surface area contributed by atoms with Crippen molar-refractivity contribution in [2.24, 2.45) is 0 Å². The molecule has 0 radical (unpaired) electrons. The van der Waals surface area contributed by atoms with Crippen molar-refractivity contribution in [2.75, 3.05) is 0 Å². The molecule has 9 aromatic carbocycles. The number of hydrogen-bond acceptors (Lipinski definition) is 1. The molecule has 0 saturated heterocycles. The van der Waals surface area contributed by atoms with E-state index in [1.807, 2.05) is 36.4 Å². The van der Waals surface area contributed by atoms with E-state index in [0.717, 1.165) is 54.7 Å². The lowest BCUT2D eigenvalue weighted by atomic mass is 9.86. The summed E-state index contributed by atoms with van der Waals surface area (Å²) in [4.78, 5) is 0. The molecule has 3 heteroatoms. The molecule has 10 aromatic rings. The summed E-state index contributed by atoms with van der Waals surface area (Å²) in [6.07, 6.45) is 0. The Kier molecular flexibility index (Phi) is 6.36. The Labute approximate surface area is 319 Å². The third-order valence-electron chi connectivity index (χ3n) is 11.9. The summed E-state index contributed by atoms with van der Waals surface area (Å²) in [5.41, 5.74) is 15.2. The maximum Gasteiger partial charge on any atom is 0.172 e. The Morgan fingerprint density at radius 3 is 1.78 bits per heavy atom. The number of aromatic nitrogens is 1. The molecular weight excluding hydrogens is 686 g/mol. The maximum atomic E-state index is 15.9. The number of nitrogens with zero attached hydrogens (tertiary/aromatic N) is 1. The fraction of sp³-hybridized carbons (Fsp3) is 0. The highest BCUT2D eigenvalue weighted by atomic mass is 31.2. The van der Waals surface area contributed by atoms with Gasteiger partial charge in [-0.15, -0.1) is 0 Å². The minimum absolute atomic E-state index is 0.864. The minimum Gasteiger partial charge on any atom is -0.309 e. The Morgan fingerprint density at radius 1 is 0.400 bits per heavy atom. The van der Waals surface area contributed by atoms with Gasteiger partial charge in [0.05, 0.1) is 16.7 Å². The first-order valence-electron chi connectivity index (χ1n) is 18.9. The van der Waals surface area contributed by atoms with Crippen molar-refractivity contribution in [1.29, 1.82) is 0 Å². The summed E-state index contributed by atoms with van der Waals surface area (Å²) in [7, 11) is -3.18. The van der Waals surface area contributed by atoms with Crippen LogP contribution in [0.15, 0.2) is 194 Å². The van der Waals surface area contributed by atoms with Gasteiger partial charge >= 0.3 is 0 Å². The molecule has 2 heterocycles. The fourth-order valence-corrected chi connectivity index (χ4v) is 12.8. The molecule has 256 valence electrons. The van der Waals surface area contributed by atoms with Crippen LogP contribution < -0.4 is 15.9 Å². The second-order valence-electron chi connectivity index (χ2n) is 14.7. The minimum atomic E-state index is -3.18. The maximum absolute atomic E-state index is 15.9. The molecule has 1 unspecified atom stereocenters. The lowest BCUT2D eigenvalue weighted by Crippen LogP contribution is -2.20. The van der Waals surface area contributed by atoms with Crippen LogP contribution in [0.1, 0.15) is 0 Å². The van der Waals surface area contributed by atoms with Crippen molar-refractivity contribution in [2.45, 2.75) is 0 Å². The average Bonchev–Trinajstić information content (AvgIpc) is 3.87. The first-order valence-corrected chi connectivity index (χ1v) is 20.6. The van der Waals surface area contributed by atoms with Crippen LogP contribution in [0.5, 0.6) is 0 Å². The number of benzene rings is 9. The highest BCUT2D eigenvalue weighted by molar-refractivity contribution is 7.86. The van der Waals surface area contributed by atoms with Crippen LogP contribution in [0.3, 0.4) is 0 Å². The fourth-order valence-electron chi connectivity index (χ4n) is 9.72. The smallest absolute Gasteiger partial charge is 0.172 e. The van der Waals surface area contributed by atoms with Gasteiger partial charge in [-0.2, -0.15) is 0 Å². The van der Waals surface area contributed by atoms with Crippen LogP contribution in [0.4, 0.5) is 0 Å². The van der Waals surface area contributed by atoms with Gasteiger partial charge in [0, 0.05) is 43.4 Å². The van der Waals surface area contributed by atoms with Gasteiger partial charge in [0.25, 0.3) is 0 Å². The molecule has 0 saturated carbocycles. The van der Waals surface area contributed by atoms with Gasteiger partial charge in [-0.05, 0) is 67.9 Å². The van der Waals surface area contributed by atoms with Crippen LogP contribution in [0.25, 0.3) is 93.9 Å². The first kappa shape index (κ1) is 30.7. The Hall–Kier alpha value is -6.73. The molecule has 2 aliphatic rings. The van der Waals surface area contributed by atoms with E-state index in [2.05, 4.69) is 162 Å². The van der Waals surface area contributed by atoms with E-state index < -0.39 is 7.14 Å². The van der Waals surface area contributed by atoms with Gasteiger partial charge < -0.3 is 9.13 Å². The van der Waals surface area contributed by atoms with Gasteiger partial charge in [-0.3, -0.25) is 0 Å². The van der Waals surface area contributed by atoms with Crippen molar-refractivity contribution < 1.29 is 4.57 Å².